The maximum atomic E-state index is 6.79. The number of hydrogen-bond acceptors (Lipinski definition) is 4. The second-order valence-corrected chi connectivity index (χ2v) is 14.3. The van der Waals surface area contributed by atoms with Crippen LogP contribution >= 0.6 is 11.3 Å². The lowest BCUT2D eigenvalue weighted by molar-refractivity contribution is 0.466. The Morgan fingerprint density at radius 1 is 0.471 bits per heavy atom. The number of rotatable bonds is 4. The third-order valence-corrected chi connectivity index (χ3v) is 11.5. The number of nitrogens with zero attached hydrogens (tertiary/aromatic N) is 1. The average molecular weight is 670 g/mol. The molecule has 238 valence electrons. The van der Waals surface area contributed by atoms with E-state index < -0.39 is 0 Å². The minimum absolute atomic E-state index is 0.0130. The number of anilines is 3. The van der Waals surface area contributed by atoms with Gasteiger partial charge in [0.25, 0.3) is 6.71 Å². The number of thiophene rings is 1. The lowest BCUT2D eigenvalue weighted by Gasteiger charge is -2.33. The molecule has 1 aromatic heterocycles. The number of hydrogen-bond donors (Lipinski definition) is 0. The Morgan fingerprint density at radius 3 is 1.86 bits per heavy atom. The highest BCUT2D eigenvalue weighted by molar-refractivity contribution is 7.26. The molecular weight excluding hydrogens is 641 g/mol. The maximum absolute atomic E-state index is 6.79. The summed E-state index contributed by atoms with van der Waals surface area (Å²) in [5, 5.41) is 4.92. The Kier molecular flexibility index (Phi) is 6.22. The fourth-order valence-electron chi connectivity index (χ4n) is 8.18. The van der Waals surface area contributed by atoms with Gasteiger partial charge in [-0.05, 0) is 76.5 Å². The standard InChI is InChI=1S/C46H28BNO2S/c1-4-14-29(15-5-1)32-22-12-23-36-46(32)50-40-25-13-24-39-45(40)47(36)37-27-42-35(26-41(37)49-39)44-34-21-11-10-20-33(34)38(28-43(44)51-42)48(30-16-6-2-7-17-30)31-18-8-3-9-19-31/h1-28H. The van der Waals surface area contributed by atoms with Gasteiger partial charge in [-0.2, -0.15) is 0 Å². The molecule has 3 heterocycles. The van der Waals surface area contributed by atoms with Crippen LogP contribution in [0.15, 0.2) is 170 Å². The first kappa shape index (κ1) is 28.5. The first-order valence-electron chi connectivity index (χ1n) is 17.3. The van der Waals surface area contributed by atoms with E-state index in [1.54, 1.807) is 0 Å². The van der Waals surface area contributed by atoms with Crippen molar-refractivity contribution in [1.82, 2.24) is 0 Å². The summed E-state index contributed by atoms with van der Waals surface area (Å²) < 4.78 is 16.0. The molecule has 0 radical (unpaired) electrons. The van der Waals surface area contributed by atoms with E-state index in [0.717, 1.165) is 62.1 Å². The fourth-order valence-corrected chi connectivity index (χ4v) is 9.36. The highest BCUT2D eigenvalue weighted by atomic mass is 32.1. The van der Waals surface area contributed by atoms with Gasteiger partial charge in [0.2, 0.25) is 0 Å². The van der Waals surface area contributed by atoms with Crippen LogP contribution in [0.1, 0.15) is 0 Å². The molecule has 5 heteroatoms. The van der Waals surface area contributed by atoms with Crippen LogP contribution in [-0.4, -0.2) is 6.71 Å². The predicted molar refractivity (Wildman–Crippen MR) is 215 cm³/mol. The SMILES string of the molecule is c1ccc(-c2cccc3c2Oc2cccc4c2B3c2cc3sc5cc(N(c6ccccc6)c6ccccc6)c6ccccc6c5c3cc2O4)cc1. The minimum atomic E-state index is -0.0130. The summed E-state index contributed by atoms with van der Waals surface area (Å²) in [7, 11) is 0. The molecule has 0 saturated carbocycles. The van der Waals surface area contributed by atoms with E-state index >= 15 is 0 Å². The van der Waals surface area contributed by atoms with Crippen molar-refractivity contribution in [2.75, 3.05) is 4.90 Å². The Balaban J connectivity index is 1.16. The summed E-state index contributed by atoms with van der Waals surface area (Å²) in [6.07, 6.45) is 0. The van der Waals surface area contributed by atoms with Gasteiger partial charge in [-0.1, -0.05) is 115 Å². The van der Waals surface area contributed by atoms with Crippen LogP contribution in [0.4, 0.5) is 17.1 Å². The molecule has 0 N–H and O–H groups in total. The van der Waals surface area contributed by atoms with Gasteiger partial charge in [0.1, 0.15) is 23.0 Å². The molecule has 0 unspecified atom stereocenters. The topological polar surface area (TPSA) is 21.7 Å². The van der Waals surface area contributed by atoms with Gasteiger partial charge in [-0.25, -0.2) is 0 Å². The third kappa shape index (κ3) is 4.32. The lowest BCUT2D eigenvalue weighted by Crippen LogP contribution is -2.57. The molecule has 0 amide bonds. The van der Waals surface area contributed by atoms with Crippen molar-refractivity contribution < 1.29 is 9.47 Å². The molecule has 9 aromatic rings. The van der Waals surface area contributed by atoms with Crippen LogP contribution in [-0.2, 0) is 0 Å². The van der Waals surface area contributed by atoms with E-state index in [1.165, 1.54) is 36.4 Å². The molecule has 0 atom stereocenters. The van der Waals surface area contributed by atoms with E-state index in [2.05, 4.69) is 169 Å². The zero-order valence-electron chi connectivity index (χ0n) is 27.4. The molecule has 2 aliphatic rings. The summed E-state index contributed by atoms with van der Waals surface area (Å²) in [4.78, 5) is 2.38. The highest BCUT2D eigenvalue weighted by Gasteiger charge is 2.41. The van der Waals surface area contributed by atoms with Gasteiger partial charge in [-0.15, -0.1) is 11.3 Å². The molecule has 0 fully saturated rings. The Morgan fingerprint density at radius 2 is 1.12 bits per heavy atom. The Bertz CT molecular complexity index is 2780. The maximum Gasteiger partial charge on any atom is 0.260 e. The van der Waals surface area contributed by atoms with Gasteiger partial charge in [-0.3, -0.25) is 0 Å². The minimum Gasteiger partial charge on any atom is -0.458 e. The molecule has 0 bridgehead atoms. The second kappa shape index (κ2) is 11.1. The van der Waals surface area contributed by atoms with Crippen molar-refractivity contribution in [3.05, 3.63) is 170 Å². The number of para-hydroxylation sites is 3. The largest absolute Gasteiger partial charge is 0.458 e. The van der Waals surface area contributed by atoms with E-state index in [9.17, 15) is 0 Å². The first-order valence-corrected chi connectivity index (χ1v) is 18.1. The summed E-state index contributed by atoms with van der Waals surface area (Å²) in [6, 6.07) is 60.4. The zero-order valence-corrected chi connectivity index (χ0v) is 28.2. The van der Waals surface area contributed by atoms with E-state index in [4.69, 9.17) is 9.47 Å². The van der Waals surface area contributed by atoms with Crippen LogP contribution in [0.25, 0.3) is 42.1 Å². The van der Waals surface area contributed by atoms with Gasteiger partial charge in [0.15, 0.2) is 0 Å². The molecule has 8 aromatic carbocycles. The monoisotopic (exact) mass is 669 g/mol. The normalized spacial score (nSPS) is 12.6. The summed E-state index contributed by atoms with van der Waals surface area (Å²) in [6.45, 7) is -0.0130. The molecule has 0 aliphatic carbocycles. The lowest BCUT2D eigenvalue weighted by atomic mass is 9.34. The van der Waals surface area contributed by atoms with Crippen molar-refractivity contribution in [3.63, 3.8) is 0 Å². The van der Waals surface area contributed by atoms with Crippen molar-refractivity contribution in [2.24, 2.45) is 0 Å². The van der Waals surface area contributed by atoms with Crippen molar-refractivity contribution in [3.8, 4) is 34.1 Å². The van der Waals surface area contributed by atoms with Crippen LogP contribution in [0.5, 0.6) is 23.0 Å². The number of fused-ring (bicyclic) bond motifs is 9. The van der Waals surface area contributed by atoms with Crippen molar-refractivity contribution in [1.29, 1.82) is 0 Å². The number of ether oxygens (including phenoxy) is 2. The highest BCUT2D eigenvalue weighted by Crippen LogP contribution is 2.48. The Labute approximate surface area is 299 Å². The molecule has 51 heavy (non-hydrogen) atoms. The Hall–Kier alpha value is -6.30. The average Bonchev–Trinajstić information content (AvgIpc) is 3.55. The molecular formula is C46H28BNO2S. The van der Waals surface area contributed by atoms with Crippen LogP contribution in [0.3, 0.4) is 0 Å². The van der Waals surface area contributed by atoms with Crippen molar-refractivity contribution in [2.45, 2.75) is 0 Å². The summed E-state index contributed by atoms with van der Waals surface area (Å²) in [5.41, 5.74) is 9.08. The quantitative estimate of drug-likeness (QED) is 0.174. The van der Waals surface area contributed by atoms with Gasteiger partial charge in [0, 0.05) is 48.0 Å². The molecule has 11 rings (SSSR count). The molecule has 0 spiro atoms. The molecule has 3 nitrogen and oxygen atoms in total. The van der Waals surface area contributed by atoms with Gasteiger partial charge >= 0.3 is 0 Å². The zero-order chi connectivity index (χ0) is 33.5. The van der Waals surface area contributed by atoms with Gasteiger partial charge in [0.05, 0.1) is 5.69 Å². The van der Waals surface area contributed by atoms with E-state index in [0.29, 0.717) is 0 Å². The molecule has 0 saturated heterocycles. The predicted octanol–water partition coefficient (Wildman–Crippen LogP) is 11.1. The molecule has 2 aliphatic heterocycles. The van der Waals surface area contributed by atoms with E-state index in [1.807, 2.05) is 17.4 Å². The van der Waals surface area contributed by atoms with E-state index in [-0.39, 0.29) is 6.71 Å². The number of benzene rings is 8. The van der Waals surface area contributed by atoms with Crippen LogP contribution in [0.2, 0.25) is 0 Å². The smallest absolute Gasteiger partial charge is 0.260 e. The summed E-state index contributed by atoms with van der Waals surface area (Å²) in [5.74, 6) is 3.53. The first-order chi connectivity index (χ1) is 25.3. The summed E-state index contributed by atoms with van der Waals surface area (Å²) >= 11 is 1.86. The fraction of sp³-hybridized carbons (Fsp3) is 0. The van der Waals surface area contributed by atoms with Crippen molar-refractivity contribution >= 4 is 82.4 Å². The van der Waals surface area contributed by atoms with Gasteiger partial charge < -0.3 is 14.4 Å². The third-order valence-electron chi connectivity index (χ3n) is 10.4. The second-order valence-electron chi connectivity index (χ2n) is 13.2. The van der Waals surface area contributed by atoms with Crippen LogP contribution < -0.4 is 30.8 Å². The van der Waals surface area contributed by atoms with Crippen LogP contribution in [0, 0.1) is 0 Å².